The zero-order valence-corrected chi connectivity index (χ0v) is 19.4. The van der Waals surface area contributed by atoms with Gasteiger partial charge in [-0.25, -0.2) is 4.79 Å². The Balaban J connectivity index is 1.86. The van der Waals surface area contributed by atoms with E-state index in [9.17, 15) is 14.4 Å². The van der Waals surface area contributed by atoms with E-state index in [1.807, 2.05) is 0 Å². The first-order valence-corrected chi connectivity index (χ1v) is 10.8. The molecule has 0 spiro atoms. The van der Waals surface area contributed by atoms with Gasteiger partial charge in [0, 0.05) is 11.5 Å². The van der Waals surface area contributed by atoms with Crippen LogP contribution in [0.15, 0.2) is 71.5 Å². The van der Waals surface area contributed by atoms with E-state index in [4.69, 9.17) is 14.2 Å². The number of ether oxygens (including phenoxy) is 3. The summed E-state index contributed by atoms with van der Waals surface area (Å²) in [6.45, 7) is 1.90. The molecule has 1 aromatic heterocycles. The van der Waals surface area contributed by atoms with Crippen LogP contribution < -0.4 is 20.3 Å². The number of benzene rings is 3. The molecule has 0 aliphatic rings. The summed E-state index contributed by atoms with van der Waals surface area (Å²) in [5, 5.41) is 7.79. The Morgan fingerprint density at radius 2 is 1.66 bits per heavy atom. The number of carbonyl (C=O) groups is 2. The van der Waals surface area contributed by atoms with Gasteiger partial charge in [-0.2, -0.15) is 9.78 Å². The number of amides is 1. The lowest BCUT2D eigenvalue weighted by atomic mass is 10.1. The summed E-state index contributed by atoms with van der Waals surface area (Å²) in [7, 11) is 2.98. The molecule has 9 heteroatoms. The van der Waals surface area contributed by atoms with Gasteiger partial charge in [-0.3, -0.25) is 9.59 Å². The average molecular weight is 473 g/mol. The number of methoxy groups -OCH3 is 2. The molecular weight excluding hydrogens is 450 g/mol. The van der Waals surface area contributed by atoms with E-state index in [1.54, 1.807) is 73.7 Å². The monoisotopic (exact) mass is 473 g/mol. The minimum absolute atomic E-state index is 0.00302. The number of nitrogens with zero attached hydrogens (tertiary/aromatic N) is 2. The number of para-hydroxylation sites is 1. The fourth-order valence-corrected chi connectivity index (χ4v) is 3.64. The van der Waals surface area contributed by atoms with Crippen LogP contribution in [0.5, 0.6) is 11.5 Å². The Morgan fingerprint density at radius 1 is 0.943 bits per heavy atom. The predicted molar refractivity (Wildman–Crippen MR) is 131 cm³/mol. The summed E-state index contributed by atoms with van der Waals surface area (Å²) in [6, 6.07) is 18.1. The normalized spacial score (nSPS) is 10.6. The molecule has 1 N–H and O–H groups in total. The third-order valence-corrected chi connectivity index (χ3v) is 5.31. The van der Waals surface area contributed by atoms with Crippen molar-refractivity contribution in [2.24, 2.45) is 0 Å². The van der Waals surface area contributed by atoms with Crippen LogP contribution in [0.1, 0.15) is 27.8 Å². The number of hydrogen-bond acceptors (Lipinski definition) is 7. The molecule has 0 radical (unpaired) electrons. The van der Waals surface area contributed by atoms with Crippen LogP contribution in [0.2, 0.25) is 0 Å². The zero-order chi connectivity index (χ0) is 24.9. The van der Waals surface area contributed by atoms with E-state index in [2.05, 4.69) is 10.4 Å². The standard InChI is InChI=1S/C26H23N3O6/c1-4-35-26(32)19-11-7-8-12-20(19)27-24(30)23-17-9-5-6-10-18(17)25(31)29(28-23)21-14-13-16(33-2)15-22(21)34-3/h5-15H,4H2,1-3H3,(H,27,30). The minimum atomic E-state index is -0.598. The number of carbonyl (C=O) groups excluding carboxylic acids is 2. The van der Waals surface area contributed by atoms with Crippen LogP contribution in [0, 0.1) is 0 Å². The van der Waals surface area contributed by atoms with E-state index in [0.29, 0.717) is 28.0 Å². The smallest absolute Gasteiger partial charge is 0.340 e. The lowest BCUT2D eigenvalue weighted by Gasteiger charge is -2.15. The topological polar surface area (TPSA) is 109 Å². The van der Waals surface area contributed by atoms with Gasteiger partial charge in [-0.1, -0.05) is 30.3 Å². The van der Waals surface area contributed by atoms with Gasteiger partial charge in [-0.15, -0.1) is 0 Å². The number of hydrogen-bond donors (Lipinski definition) is 1. The van der Waals surface area contributed by atoms with Crippen LogP contribution in [0.25, 0.3) is 16.5 Å². The van der Waals surface area contributed by atoms with Crippen molar-refractivity contribution >= 4 is 28.3 Å². The first kappa shape index (κ1) is 23.5. The predicted octanol–water partition coefficient (Wildman–Crippen LogP) is 3.83. The highest BCUT2D eigenvalue weighted by Gasteiger charge is 2.21. The summed E-state index contributed by atoms with van der Waals surface area (Å²) in [5.74, 6) is -0.283. The second-order valence-corrected chi connectivity index (χ2v) is 7.37. The molecule has 35 heavy (non-hydrogen) atoms. The molecule has 0 aliphatic carbocycles. The lowest BCUT2D eigenvalue weighted by Crippen LogP contribution is -2.27. The molecule has 4 rings (SSSR count). The summed E-state index contributed by atoms with van der Waals surface area (Å²) < 4.78 is 16.9. The Hall–Kier alpha value is -4.66. The number of anilines is 1. The molecule has 0 atom stereocenters. The van der Waals surface area contributed by atoms with E-state index >= 15 is 0 Å². The molecule has 0 saturated heterocycles. The number of aromatic nitrogens is 2. The average Bonchev–Trinajstić information content (AvgIpc) is 2.89. The van der Waals surface area contributed by atoms with Gasteiger partial charge in [0.05, 0.1) is 37.5 Å². The Bertz CT molecular complexity index is 1480. The first-order valence-electron chi connectivity index (χ1n) is 10.8. The lowest BCUT2D eigenvalue weighted by molar-refractivity contribution is 0.0527. The first-order chi connectivity index (χ1) is 17.0. The van der Waals surface area contributed by atoms with Crippen molar-refractivity contribution in [1.29, 1.82) is 0 Å². The van der Waals surface area contributed by atoms with Crippen molar-refractivity contribution in [1.82, 2.24) is 9.78 Å². The fourth-order valence-electron chi connectivity index (χ4n) is 3.64. The van der Waals surface area contributed by atoms with Gasteiger partial charge in [0.25, 0.3) is 11.5 Å². The van der Waals surface area contributed by atoms with Gasteiger partial charge in [0.15, 0.2) is 5.69 Å². The molecule has 0 aliphatic heterocycles. The molecule has 0 unspecified atom stereocenters. The zero-order valence-electron chi connectivity index (χ0n) is 19.4. The summed E-state index contributed by atoms with van der Waals surface area (Å²) in [4.78, 5) is 39.1. The number of nitrogens with one attached hydrogen (secondary N) is 1. The molecular formula is C26H23N3O6. The van der Waals surface area contributed by atoms with E-state index < -0.39 is 17.4 Å². The molecule has 178 valence electrons. The van der Waals surface area contributed by atoms with Crippen molar-refractivity contribution in [3.05, 3.63) is 88.3 Å². The molecule has 4 aromatic rings. The highest BCUT2D eigenvalue weighted by Crippen LogP contribution is 2.27. The largest absolute Gasteiger partial charge is 0.497 e. The van der Waals surface area contributed by atoms with Crippen molar-refractivity contribution in [3.63, 3.8) is 0 Å². The van der Waals surface area contributed by atoms with Crippen molar-refractivity contribution < 1.29 is 23.8 Å². The molecule has 0 fully saturated rings. The minimum Gasteiger partial charge on any atom is -0.497 e. The van der Waals surface area contributed by atoms with Crippen molar-refractivity contribution in [2.45, 2.75) is 6.92 Å². The number of rotatable bonds is 7. The van der Waals surface area contributed by atoms with Crippen LogP contribution in [-0.2, 0) is 4.74 Å². The number of fused-ring (bicyclic) bond motifs is 1. The maximum Gasteiger partial charge on any atom is 0.340 e. The maximum atomic E-state index is 13.4. The fraction of sp³-hybridized carbons (Fsp3) is 0.154. The third-order valence-electron chi connectivity index (χ3n) is 5.31. The molecule has 0 bridgehead atoms. The van der Waals surface area contributed by atoms with Crippen molar-refractivity contribution in [3.8, 4) is 17.2 Å². The Labute approximate surface area is 200 Å². The summed E-state index contributed by atoms with van der Waals surface area (Å²) >= 11 is 0. The molecule has 3 aromatic carbocycles. The second-order valence-electron chi connectivity index (χ2n) is 7.37. The quantitative estimate of drug-likeness (QED) is 0.406. The molecule has 9 nitrogen and oxygen atoms in total. The van der Waals surface area contributed by atoms with E-state index in [1.165, 1.54) is 14.2 Å². The second kappa shape index (κ2) is 10.1. The molecule has 0 saturated carbocycles. The summed E-state index contributed by atoms with van der Waals surface area (Å²) in [6.07, 6.45) is 0. The van der Waals surface area contributed by atoms with E-state index in [-0.39, 0.29) is 23.6 Å². The molecule has 1 heterocycles. The summed E-state index contributed by atoms with van der Waals surface area (Å²) in [5.41, 5.74) is 0.382. The maximum absolute atomic E-state index is 13.4. The Kier molecular flexibility index (Phi) is 6.77. The third kappa shape index (κ3) is 4.56. The van der Waals surface area contributed by atoms with Gasteiger partial charge in [0.2, 0.25) is 0 Å². The SMILES string of the molecule is CCOC(=O)c1ccccc1NC(=O)c1nn(-c2ccc(OC)cc2OC)c(=O)c2ccccc12. The highest BCUT2D eigenvalue weighted by atomic mass is 16.5. The van der Waals surface area contributed by atoms with Gasteiger partial charge in [0.1, 0.15) is 17.2 Å². The van der Waals surface area contributed by atoms with Crippen LogP contribution >= 0.6 is 0 Å². The van der Waals surface area contributed by atoms with Gasteiger partial charge < -0.3 is 19.5 Å². The van der Waals surface area contributed by atoms with E-state index in [0.717, 1.165) is 4.68 Å². The Morgan fingerprint density at radius 3 is 2.37 bits per heavy atom. The van der Waals surface area contributed by atoms with Crippen LogP contribution in [0.3, 0.4) is 0 Å². The van der Waals surface area contributed by atoms with Crippen LogP contribution in [-0.4, -0.2) is 42.5 Å². The van der Waals surface area contributed by atoms with Gasteiger partial charge in [-0.05, 0) is 37.3 Å². The van der Waals surface area contributed by atoms with Gasteiger partial charge >= 0.3 is 5.97 Å². The molecule has 1 amide bonds. The van der Waals surface area contributed by atoms with Crippen molar-refractivity contribution in [2.75, 3.05) is 26.1 Å². The number of esters is 1. The van der Waals surface area contributed by atoms with Crippen LogP contribution in [0.4, 0.5) is 5.69 Å². The highest BCUT2D eigenvalue weighted by molar-refractivity contribution is 6.13.